The Morgan fingerprint density at radius 3 is 2.16 bits per heavy atom. The number of amides is 1. The summed E-state index contributed by atoms with van der Waals surface area (Å²) >= 11 is 7.61. The molecule has 166 valence electrons. The van der Waals surface area contributed by atoms with Crippen LogP contribution in [0.1, 0.15) is 28.8 Å². The highest BCUT2D eigenvalue weighted by Crippen LogP contribution is 2.25. The van der Waals surface area contributed by atoms with Crippen molar-refractivity contribution >= 4 is 45.0 Å². The van der Waals surface area contributed by atoms with Crippen molar-refractivity contribution in [3.05, 3.63) is 88.9 Å². The van der Waals surface area contributed by atoms with E-state index in [2.05, 4.69) is 5.32 Å². The van der Waals surface area contributed by atoms with Crippen LogP contribution in [0, 0.1) is 0 Å². The van der Waals surface area contributed by atoms with Gasteiger partial charge in [-0.25, -0.2) is 8.42 Å². The Labute approximate surface area is 197 Å². The third-order valence-corrected chi connectivity index (χ3v) is 8.50. The van der Waals surface area contributed by atoms with Gasteiger partial charge in [0.25, 0.3) is 5.91 Å². The number of sulfonamides is 1. The average molecular weight is 487 g/mol. The van der Waals surface area contributed by atoms with E-state index in [1.807, 2.05) is 36.4 Å². The monoisotopic (exact) mass is 486 g/mol. The van der Waals surface area contributed by atoms with Crippen LogP contribution in [0.4, 0.5) is 5.69 Å². The number of carbonyl (C=O) groups is 1. The van der Waals surface area contributed by atoms with Crippen molar-refractivity contribution in [2.24, 2.45) is 0 Å². The van der Waals surface area contributed by atoms with Gasteiger partial charge >= 0.3 is 0 Å². The molecule has 5 nitrogen and oxygen atoms in total. The van der Waals surface area contributed by atoms with Gasteiger partial charge in [-0.15, -0.1) is 11.8 Å². The fraction of sp³-hybridized carbons (Fsp3) is 0.208. The third kappa shape index (κ3) is 5.53. The summed E-state index contributed by atoms with van der Waals surface area (Å²) in [5.74, 6) is 0.549. The molecule has 1 saturated heterocycles. The maximum Gasteiger partial charge on any atom is 0.255 e. The first-order chi connectivity index (χ1) is 15.4. The highest BCUT2D eigenvalue weighted by atomic mass is 35.5. The smallest absolute Gasteiger partial charge is 0.255 e. The predicted octanol–water partition coefficient (Wildman–Crippen LogP) is 5.67. The molecule has 0 atom stereocenters. The Hall–Kier alpha value is -2.32. The fourth-order valence-corrected chi connectivity index (χ4v) is 5.94. The first-order valence-corrected chi connectivity index (χ1v) is 13.1. The highest BCUT2D eigenvalue weighted by molar-refractivity contribution is 7.98. The van der Waals surface area contributed by atoms with E-state index in [-0.39, 0.29) is 10.8 Å². The van der Waals surface area contributed by atoms with Crippen LogP contribution in [-0.4, -0.2) is 31.7 Å². The molecule has 1 N–H and O–H groups in total. The molecular formula is C24H23ClN2O3S2. The second-order valence-electron chi connectivity index (χ2n) is 7.53. The maximum atomic E-state index is 12.6. The summed E-state index contributed by atoms with van der Waals surface area (Å²) in [5, 5.41) is 3.54. The Bertz CT molecular complexity index is 1170. The van der Waals surface area contributed by atoms with Crippen molar-refractivity contribution in [3.8, 4) is 0 Å². The molecule has 1 aliphatic heterocycles. The minimum absolute atomic E-state index is 0.239. The lowest BCUT2D eigenvalue weighted by molar-refractivity contribution is 0.102. The molecule has 1 amide bonds. The molecule has 32 heavy (non-hydrogen) atoms. The molecule has 4 rings (SSSR count). The first kappa shape index (κ1) is 22.9. The molecule has 3 aromatic carbocycles. The molecule has 0 spiro atoms. The van der Waals surface area contributed by atoms with Gasteiger partial charge in [0, 0.05) is 40.0 Å². The van der Waals surface area contributed by atoms with Gasteiger partial charge in [-0.3, -0.25) is 4.79 Å². The number of benzene rings is 3. The minimum Gasteiger partial charge on any atom is -0.322 e. The van der Waals surface area contributed by atoms with Gasteiger partial charge in [0.15, 0.2) is 0 Å². The topological polar surface area (TPSA) is 66.5 Å². The quantitative estimate of drug-likeness (QED) is 0.437. The number of anilines is 1. The summed E-state index contributed by atoms with van der Waals surface area (Å²) < 4.78 is 26.7. The second-order valence-corrected chi connectivity index (χ2v) is 11.0. The van der Waals surface area contributed by atoms with E-state index in [4.69, 9.17) is 11.6 Å². The molecule has 0 radical (unpaired) electrons. The minimum atomic E-state index is -3.46. The standard InChI is InChI=1S/C24H23ClN2O3S2/c25-20-7-11-22(12-8-20)31-17-18-3-5-19(6-4-18)24(28)26-21-9-13-23(14-10-21)32(29,30)27-15-1-2-16-27/h3-14H,1-2,15-17H2,(H,26,28). The Morgan fingerprint density at radius 2 is 1.53 bits per heavy atom. The largest absolute Gasteiger partial charge is 0.322 e. The molecule has 0 unspecified atom stereocenters. The Kier molecular flexibility index (Phi) is 7.20. The van der Waals surface area contributed by atoms with E-state index in [1.165, 1.54) is 4.31 Å². The molecule has 0 aromatic heterocycles. The zero-order valence-corrected chi connectivity index (χ0v) is 19.7. The van der Waals surface area contributed by atoms with Crippen molar-refractivity contribution in [2.45, 2.75) is 28.4 Å². The average Bonchev–Trinajstić information content (AvgIpc) is 3.35. The molecule has 0 saturated carbocycles. The summed E-state index contributed by atoms with van der Waals surface area (Å²) in [6.07, 6.45) is 1.79. The van der Waals surface area contributed by atoms with Crippen molar-refractivity contribution in [1.29, 1.82) is 0 Å². The number of nitrogens with one attached hydrogen (secondary N) is 1. The van der Waals surface area contributed by atoms with Crippen LogP contribution < -0.4 is 5.32 Å². The Balaban J connectivity index is 1.34. The summed E-state index contributed by atoms with van der Waals surface area (Å²) in [7, 11) is -3.46. The Morgan fingerprint density at radius 1 is 0.906 bits per heavy atom. The first-order valence-electron chi connectivity index (χ1n) is 10.3. The van der Waals surface area contributed by atoms with Crippen LogP contribution in [0.15, 0.2) is 82.6 Å². The zero-order valence-electron chi connectivity index (χ0n) is 17.3. The number of thioether (sulfide) groups is 1. The number of halogens is 1. The molecule has 0 bridgehead atoms. The number of hydrogen-bond donors (Lipinski definition) is 1. The lowest BCUT2D eigenvalue weighted by Gasteiger charge is -2.15. The third-order valence-electron chi connectivity index (χ3n) is 5.25. The zero-order chi connectivity index (χ0) is 22.6. The van der Waals surface area contributed by atoms with Crippen molar-refractivity contribution < 1.29 is 13.2 Å². The number of nitrogens with zero attached hydrogens (tertiary/aromatic N) is 1. The van der Waals surface area contributed by atoms with E-state index < -0.39 is 10.0 Å². The molecule has 3 aromatic rings. The van der Waals surface area contributed by atoms with Crippen molar-refractivity contribution in [3.63, 3.8) is 0 Å². The van der Waals surface area contributed by atoms with Gasteiger partial charge in [-0.05, 0) is 79.1 Å². The van der Waals surface area contributed by atoms with E-state index in [1.54, 1.807) is 48.2 Å². The second kappa shape index (κ2) is 10.1. The van der Waals surface area contributed by atoms with Gasteiger partial charge in [-0.2, -0.15) is 4.31 Å². The number of hydrogen-bond acceptors (Lipinski definition) is 4. The summed E-state index contributed by atoms with van der Waals surface area (Å²) in [6.45, 7) is 1.13. The van der Waals surface area contributed by atoms with E-state index in [0.29, 0.717) is 29.4 Å². The maximum absolute atomic E-state index is 12.6. The van der Waals surface area contributed by atoms with Crippen LogP contribution in [0.5, 0.6) is 0 Å². The van der Waals surface area contributed by atoms with Crippen LogP contribution in [0.3, 0.4) is 0 Å². The summed E-state index contributed by atoms with van der Waals surface area (Å²) in [5.41, 5.74) is 2.20. The predicted molar refractivity (Wildman–Crippen MR) is 130 cm³/mol. The van der Waals surface area contributed by atoms with Crippen molar-refractivity contribution in [1.82, 2.24) is 4.31 Å². The van der Waals surface area contributed by atoms with Gasteiger partial charge in [0.05, 0.1) is 4.90 Å². The molecule has 1 aliphatic rings. The van der Waals surface area contributed by atoms with Gasteiger partial charge < -0.3 is 5.32 Å². The van der Waals surface area contributed by atoms with Crippen molar-refractivity contribution in [2.75, 3.05) is 18.4 Å². The molecule has 0 aliphatic carbocycles. The van der Waals surface area contributed by atoms with E-state index in [0.717, 1.165) is 29.1 Å². The van der Waals surface area contributed by atoms with E-state index >= 15 is 0 Å². The van der Waals surface area contributed by atoms with Crippen LogP contribution in [0.2, 0.25) is 5.02 Å². The summed E-state index contributed by atoms with van der Waals surface area (Å²) in [6, 6.07) is 21.5. The highest BCUT2D eigenvalue weighted by Gasteiger charge is 2.26. The summed E-state index contributed by atoms with van der Waals surface area (Å²) in [4.78, 5) is 14.0. The number of rotatable bonds is 7. The van der Waals surface area contributed by atoms with Gasteiger partial charge in [0.2, 0.25) is 10.0 Å². The molecular weight excluding hydrogens is 464 g/mol. The normalized spacial score (nSPS) is 14.4. The van der Waals surface area contributed by atoms with E-state index in [9.17, 15) is 13.2 Å². The molecule has 1 heterocycles. The molecule has 8 heteroatoms. The van der Waals surface area contributed by atoms with Crippen LogP contribution in [0.25, 0.3) is 0 Å². The lowest BCUT2D eigenvalue weighted by Crippen LogP contribution is -2.27. The molecule has 1 fully saturated rings. The lowest BCUT2D eigenvalue weighted by atomic mass is 10.1. The SMILES string of the molecule is O=C(Nc1ccc(S(=O)(=O)N2CCCC2)cc1)c1ccc(CSc2ccc(Cl)cc2)cc1. The van der Waals surface area contributed by atoms with Gasteiger partial charge in [-0.1, -0.05) is 23.7 Å². The van der Waals surface area contributed by atoms with Crippen LogP contribution in [-0.2, 0) is 15.8 Å². The number of carbonyl (C=O) groups excluding carboxylic acids is 1. The van der Waals surface area contributed by atoms with Crippen LogP contribution >= 0.6 is 23.4 Å². The van der Waals surface area contributed by atoms with Gasteiger partial charge in [0.1, 0.15) is 0 Å². The fourth-order valence-electron chi connectivity index (χ4n) is 3.44.